The van der Waals surface area contributed by atoms with E-state index < -0.39 is 0 Å². The predicted molar refractivity (Wildman–Crippen MR) is 78.2 cm³/mol. The summed E-state index contributed by atoms with van der Waals surface area (Å²) in [5.74, 6) is 1.23. The molecule has 3 rings (SSSR count). The summed E-state index contributed by atoms with van der Waals surface area (Å²) in [4.78, 5) is 0. The quantitative estimate of drug-likeness (QED) is 0.738. The molecule has 0 saturated heterocycles. The van der Waals surface area contributed by atoms with Crippen LogP contribution in [0.1, 0.15) is 30.1 Å². The van der Waals surface area contributed by atoms with Crippen LogP contribution >= 0.6 is 11.6 Å². The lowest BCUT2D eigenvalue weighted by molar-refractivity contribution is 0.134. The number of allylic oxidation sites excluding steroid dienone is 1. The molecule has 1 heterocycles. The minimum atomic E-state index is 0.0578. The molecule has 0 fully saturated rings. The Labute approximate surface area is 118 Å². The van der Waals surface area contributed by atoms with Crippen LogP contribution in [-0.2, 0) is 4.74 Å². The fourth-order valence-corrected chi connectivity index (χ4v) is 2.65. The molecule has 0 spiro atoms. The normalized spacial score (nSPS) is 21.9. The van der Waals surface area contributed by atoms with E-state index in [4.69, 9.17) is 16.3 Å². The Kier molecular flexibility index (Phi) is 3.31. The minimum Gasteiger partial charge on any atom is -0.490 e. The van der Waals surface area contributed by atoms with Gasteiger partial charge in [0.05, 0.1) is 5.76 Å². The first kappa shape index (κ1) is 12.3. The van der Waals surface area contributed by atoms with Crippen molar-refractivity contribution in [2.24, 2.45) is 0 Å². The van der Waals surface area contributed by atoms with Crippen molar-refractivity contribution in [3.8, 4) is 0 Å². The standard InChI is InChI=1S/C17H15ClO/c1-12-11-16(13-7-9-15(18)10-8-13)17(19-12)14-5-3-2-4-6-14/h2-11,16-17H,1H3/t16-,17+/m1/s1. The van der Waals surface area contributed by atoms with Gasteiger partial charge in [-0.15, -0.1) is 0 Å². The molecule has 0 bridgehead atoms. The van der Waals surface area contributed by atoms with Crippen LogP contribution in [0.5, 0.6) is 0 Å². The number of rotatable bonds is 2. The van der Waals surface area contributed by atoms with Gasteiger partial charge >= 0.3 is 0 Å². The molecule has 1 nitrogen and oxygen atoms in total. The molecule has 0 N–H and O–H groups in total. The van der Waals surface area contributed by atoms with Crippen molar-refractivity contribution in [3.63, 3.8) is 0 Å². The molecule has 0 amide bonds. The van der Waals surface area contributed by atoms with Crippen LogP contribution in [-0.4, -0.2) is 0 Å². The minimum absolute atomic E-state index is 0.0578. The van der Waals surface area contributed by atoms with Gasteiger partial charge in [0, 0.05) is 10.9 Å². The molecule has 19 heavy (non-hydrogen) atoms. The van der Waals surface area contributed by atoms with Gasteiger partial charge in [-0.25, -0.2) is 0 Å². The molecule has 1 aliphatic heterocycles. The van der Waals surface area contributed by atoms with Gasteiger partial charge in [-0.05, 0) is 36.3 Å². The van der Waals surface area contributed by atoms with Crippen LogP contribution in [0.3, 0.4) is 0 Å². The lowest BCUT2D eigenvalue weighted by atomic mass is 9.90. The maximum absolute atomic E-state index is 5.97. The van der Waals surface area contributed by atoms with E-state index in [1.54, 1.807) is 0 Å². The van der Waals surface area contributed by atoms with Gasteiger partial charge in [0.1, 0.15) is 6.10 Å². The van der Waals surface area contributed by atoms with Crippen molar-refractivity contribution in [3.05, 3.63) is 82.6 Å². The summed E-state index contributed by atoms with van der Waals surface area (Å²) in [5, 5.41) is 0.764. The molecule has 0 radical (unpaired) electrons. The van der Waals surface area contributed by atoms with E-state index in [9.17, 15) is 0 Å². The molecule has 96 valence electrons. The van der Waals surface area contributed by atoms with Gasteiger partial charge in [0.15, 0.2) is 0 Å². The molecule has 2 atom stereocenters. The molecule has 2 heteroatoms. The van der Waals surface area contributed by atoms with Crippen LogP contribution < -0.4 is 0 Å². The third-order valence-corrected chi connectivity index (χ3v) is 3.69. The highest BCUT2D eigenvalue weighted by molar-refractivity contribution is 6.30. The van der Waals surface area contributed by atoms with E-state index in [1.807, 2.05) is 37.3 Å². The van der Waals surface area contributed by atoms with Crippen LogP contribution in [0.4, 0.5) is 0 Å². The van der Waals surface area contributed by atoms with Gasteiger partial charge < -0.3 is 4.74 Å². The first-order valence-electron chi connectivity index (χ1n) is 6.39. The SMILES string of the molecule is CC1=C[C@H](c2ccc(Cl)cc2)[C@H](c2ccccc2)O1. The Balaban J connectivity index is 1.96. The Morgan fingerprint density at radius 1 is 0.895 bits per heavy atom. The molecular weight excluding hydrogens is 256 g/mol. The fourth-order valence-electron chi connectivity index (χ4n) is 2.53. The van der Waals surface area contributed by atoms with Crippen molar-refractivity contribution in [2.45, 2.75) is 18.9 Å². The third-order valence-electron chi connectivity index (χ3n) is 3.44. The lowest BCUT2D eigenvalue weighted by Gasteiger charge is -2.20. The highest BCUT2D eigenvalue weighted by Crippen LogP contribution is 2.42. The van der Waals surface area contributed by atoms with Gasteiger partial charge in [-0.2, -0.15) is 0 Å². The average Bonchev–Trinajstić information content (AvgIpc) is 2.83. The maximum atomic E-state index is 5.97. The van der Waals surface area contributed by atoms with Gasteiger partial charge in [0.25, 0.3) is 0 Å². The molecule has 0 aromatic heterocycles. The van der Waals surface area contributed by atoms with Crippen molar-refractivity contribution in [1.29, 1.82) is 0 Å². The van der Waals surface area contributed by atoms with E-state index in [0.717, 1.165) is 10.8 Å². The summed E-state index contributed by atoms with van der Waals surface area (Å²) in [5.41, 5.74) is 2.44. The monoisotopic (exact) mass is 270 g/mol. The Bertz CT molecular complexity index is 586. The number of halogens is 1. The molecule has 2 aromatic carbocycles. The summed E-state index contributed by atoms with van der Waals surface area (Å²) in [6.07, 6.45) is 2.24. The van der Waals surface area contributed by atoms with Crippen molar-refractivity contribution in [1.82, 2.24) is 0 Å². The van der Waals surface area contributed by atoms with Gasteiger partial charge in [0.2, 0.25) is 0 Å². The number of hydrogen-bond donors (Lipinski definition) is 0. The summed E-state index contributed by atoms with van der Waals surface area (Å²) in [7, 11) is 0. The van der Waals surface area contributed by atoms with E-state index in [1.165, 1.54) is 11.1 Å². The zero-order valence-corrected chi connectivity index (χ0v) is 11.5. The van der Waals surface area contributed by atoms with E-state index in [2.05, 4.69) is 30.3 Å². The Morgan fingerprint density at radius 3 is 2.26 bits per heavy atom. The second-order valence-electron chi connectivity index (χ2n) is 4.80. The number of ether oxygens (including phenoxy) is 1. The summed E-state index contributed by atoms with van der Waals surface area (Å²) in [6.45, 7) is 2.01. The zero-order chi connectivity index (χ0) is 13.2. The molecular formula is C17H15ClO. The number of benzene rings is 2. The second-order valence-corrected chi connectivity index (χ2v) is 5.24. The summed E-state index contributed by atoms with van der Waals surface area (Å²) in [6, 6.07) is 18.3. The second kappa shape index (κ2) is 5.10. The smallest absolute Gasteiger partial charge is 0.134 e. The summed E-state index contributed by atoms with van der Waals surface area (Å²) >= 11 is 5.95. The topological polar surface area (TPSA) is 9.23 Å². The first-order chi connectivity index (χ1) is 9.24. The van der Waals surface area contributed by atoms with E-state index >= 15 is 0 Å². The van der Waals surface area contributed by atoms with Crippen molar-refractivity contribution < 1.29 is 4.74 Å². The van der Waals surface area contributed by atoms with Crippen LogP contribution in [0.2, 0.25) is 5.02 Å². The van der Waals surface area contributed by atoms with E-state index in [-0.39, 0.29) is 12.0 Å². The average molecular weight is 271 g/mol. The molecule has 1 aliphatic rings. The zero-order valence-electron chi connectivity index (χ0n) is 10.7. The lowest BCUT2D eigenvalue weighted by Crippen LogP contribution is -2.06. The highest BCUT2D eigenvalue weighted by atomic mass is 35.5. The number of hydrogen-bond acceptors (Lipinski definition) is 1. The first-order valence-corrected chi connectivity index (χ1v) is 6.77. The molecule has 0 aliphatic carbocycles. The Hall–Kier alpha value is -1.73. The van der Waals surface area contributed by atoms with Gasteiger partial charge in [-0.3, -0.25) is 0 Å². The van der Waals surface area contributed by atoms with Crippen molar-refractivity contribution in [2.75, 3.05) is 0 Å². The highest BCUT2D eigenvalue weighted by Gasteiger charge is 2.30. The van der Waals surface area contributed by atoms with Crippen LogP contribution in [0, 0.1) is 0 Å². The summed E-state index contributed by atoms with van der Waals surface area (Å²) < 4.78 is 5.97. The van der Waals surface area contributed by atoms with E-state index in [0.29, 0.717) is 0 Å². The Morgan fingerprint density at radius 2 is 1.58 bits per heavy atom. The van der Waals surface area contributed by atoms with Crippen molar-refractivity contribution >= 4 is 11.6 Å². The van der Waals surface area contributed by atoms with Crippen LogP contribution in [0.15, 0.2) is 66.4 Å². The largest absolute Gasteiger partial charge is 0.490 e. The third kappa shape index (κ3) is 2.52. The maximum Gasteiger partial charge on any atom is 0.134 e. The molecule has 2 aromatic rings. The molecule has 0 unspecified atom stereocenters. The van der Waals surface area contributed by atoms with Gasteiger partial charge in [-0.1, -0.05) is 54.1 Å². The molecule has 0 saturated carbocycles. The van der Waals surface area contributed by atoms with Crippen LogP contribution in [0.25, 0.3) is 0 Å². The fraction of sp³-hybridized carbons (Fsp3) is 0.176. The predicted octanol–water partition coefficient (Wildman–Crippen LogP) is 5.10.